The number of morpholine rings is 1. The van der Waals surface area contributed by atoms with Crippen molar-refractivity contribution in [2.24, 2.45) is 0 Å². The van der Waals surface area contributed by atoms with Gasteiger partial charge in [-0.1, -0.05) is 6.07 Å². The van der Waals surface area contributed by atoms with Crippen LogP contribution in [-0.4, -0.2) is 56.1 Å². The van der Waals surface area contributed by atoms with Gasteiger partial charge in [0.25, 0.3) is 5.91 Å². The predicted octanol–water partition coefficient (Wildman–Crippen LogP) is 0.446. The maximum atomic E-state index is 12.8. The molecule has 10 heteroatoms. The Morgan fingerprint density at radius 3 is 2.76 bits per heavy atom. The van der Waals surface area contributed by atoms with Crippen molar-refractivity contribution in [2.45, 2.75) is 25.3 Å². The third kappa shape index (κ3) is 4.84. The molecule has 1 aromatic heterocycles. The van der Waals surface area contributed by atoms with E-state index in [-0.39, 0.29) is 25.0 Å². The predicted molar refractivity (Wildman–Crippen MR) is 101 cm³/mol. The number of nitrogens with one attached hydrogen (secondary N) is 3. The van der Waals surface area contributed by atoms with Gasteiger partial charge in [0.1, 0.15) is 6.61 Å². The van der Waals surface area contributed by atoms with Crippen LogP contribution in [0.25, 0.3) is 0 Å². The van der Waals surface area contributed by atoms with Crippen molar-refractivity contribution in [3.63, 3.8) is 0 Å². The molecular weight excluding hydrogens is 380 g/mol. The normalized spacial score (nSPS) is 18.8. The van der Waals surface area contributed by atoms with Crippen molar-refractivity contribution in [1.82, 2.24) is 20.8 Å². The fraction of sp³-hybridized carbons (Fsp3) is 0.421. The molecule has 1 fully saturated rings. The Labute approximate surface area is 167 Å². The van der Waals surface area contributed by atoms with E-state index in [1.165, 1.54) is 14.2 Å². The summed E-state index contributed by atoms with van der Waals surface area (Å²) in [4.78, 5) is 24.7. The zero-order chi connectivity index (χ0) is 20.8. The van der Waals surface area contributed by atoms with E-state index in [1.54, 1.807) is 31.4 Å². The lowest BCUT2D eigenvalue weighted by Crippen LogP contribution is -2.52. The van der Waals surface area contributed by atoms with Gasteiger partial charge in [0.05, 0.1) is 44.8 Å². The van der Waals surface area contributed by atoms with E-state index in [4.69, 9.17) is 18.9 Å². The fourth-order valence-electron chi connectivity index (χ4n) is 3.09. The first kappa shape index (κ1) is 20.6. The van der Waals surface area contributed by atoms with E-state index < -0.39 is 12.1 Å². The maximum absolute atomic E-state index is 12.8. The maximum Gasteiger partial charge on any atom is 0.251 e. The summed E-state index contributed by atoms with van der Waals surface area (Å²) in [5.41, 5.74) is 2.13. The monoisotopic (exact) mass is 404 g/mol. The second-order valence-electron chi connectivity index (χ2n) is 6.43. The molecule has 156 valence electrons. The standard InChI is InChI=1S/C19H24N4O6/c1-26-9-13-7-12(22-23-13)8-20-19(25)18-17(21-16(24)10-29-18)11-4-5-14(27-2)15(6-11)28-3/h4-7,17-18H,8-10H2,1-3H3,(H,20,25)(H,21,24)(H,22,23)/t17-,18+/m1/s1. The molecule has 0 saturated carbocycles. The summed E-state index contributed by atoms with van der Waals surface area (Å²) in [5.74, 6) is 0.387. The molecule has 29 heavy (non-hydrogen) atoms. The van der Waals surface area contributed by atoms with Crippen LogP contribution in [0.5, 0.6) is 11.5 Å². The molecular formula is C19H24N4O6. The third-order valence-electron chi connectivity index (χ3n) is 4.47. The van der Waals surface area contributed by atoms with Crippen LogP contribution in [0.1, 0.15) is 23.0 Å². The lowest BCUT2D eigenvalue weighted by Gasteiger charge is -2.32. The highest BCUT2D eigenvalue weighted by atomic mass is 16.5. The van der Waals surface area contributed by atoms with Gasteiger partial charge in [-0.25, -0.2) is 0 Å². The van der Waals surface area contributed by atoms with E-state index in [0.717, 1.165) is 11.4 Å². The largest absolute Gasteiger partial charge is 0.493 e. The van der Waals surface area contributed by atoms with Gasteiger partial charge < -0.3 is 29.6 Å². The molecule has 10 nitrogen and oxygen atoms in total. The minimum Gasteiger partial charge on any atom is -0.493 e. The number of benzene rings is 1. The molecule has 0 unspecified atom stereocenters. The minimum atomic E-state index is -0.896. The zero-order valence-corrected chi connectivity index (χ0v) is 16.5. The van der Waals surface area contributed by atoms with E-state index >= 15 is 0 Å². The minimum absolute atomic E-state index is 0.191. The van der Waals surface area contributed by atoms with Gasteiger partial charge in [-0.05, 0) is 23.8 Å². The molecule has 1 aromatic carbocycles. The van der Waals surface area contributed by atoms with Crippen LogP contribution in [0.3, 0.4) is 0 Å². The zero-order valence-electron chi connectivity index (χ0n) is 16.5. The first-order chi connectivity index (χ1) is 14.0. The smallest absolute Gasteiger partial charge is 0.251 e. The van der Waals surface area contributed by atoms with E-state index in [2.05, 4.69) is 20.8 Å². The molecule has 1 saturated heterocycles. The number of rotatable bonds is 8. The molecule has 0 bridgehead atoms. The first-order valence-electron chi connectivity index (χ1n) is 8.98. The van der Waals surface area contributed by atoms with Crippen LogP contribution in [0.4, 0.5) is 0 Å². The van der Waals surface area contributed by atoms with Gasteiger partial charge in [-0.15, -0.1) is 0 Å². The molecule has 2 aromatic rings. The summed E-state index contributed by atoms with van der Waals surface area (Å²) in [5, 5.41) is 12.6. The number of carbonyl (C=O) groups excluding carboxylic acids is 2. The lowest BCUT2D eigenvalue weighted by molar-refractivity contribution is -0.148. The van der Waals surface area contributed by atoms with Gasteiger partial charge in [0, 0.05) is 7.11 Å². The number of carbonyl (C=O) groups is 2. The second-order valence-corrected chi connectivity index (χ2v) is 6.43. The Morgan fingerprint density at radius 2 is 2.03 bits per heavy atom. The van der Waals surface area contributed by atoms with Gasteiger partial charge in [0.2, 0.25) is 5.91 Å². The fourth-order valence-corrected chi connectivity index (χ4v) is 3.09. The van der Waals surface area contributed by atoms with Crippen molar-refractivity contribution in [2.75, 3.05) is 27.9 Å². The van der Waals surface area contributed by atoms with E-state index in [0.29, 0.717) is 23.7 Å². The summed E-state index contributed by atoms with van der Waals surface area (Å²) >= 11 is 0. The number of ether oxygens (including phenoxy) is 4. The first-order valence-corrected chi connectivity index (χ1v) is 8.98. The molecule has 2 heterocycles. The van der Waals surface area contributed by atoms with Gasteiger partial charge in [0.15, 0.2) is 17.6 Å². The summed E-state index contributed by atoms with van der Waals surface area (Å²) in [6.45, 7) is 0.426. The summed E-state index contributed by atoms with van der Waals surface area (Å²) in [6, 6.07) is 6.32. The second kappa shape index (κ2) is 9.39. The number of aromatic amines is 1. The van der Waals surface area contributed by atoms with Crippen LogP contribution >= 0.6 is 0 Å². The van der Waals surface area contributed by atoms with Crippen LogP contribution in [0.2, 0.25) is 0 Å². The highest BCUT2D eigenvalue weighted by Crippen LogP contribution is 2.32. The van der Waals surface area contributed by atoms with Crippen molar-refractivity contribution < 1.29 is 28.5 Å². The molecule has 1 aliphatic heterocycles. The Kier molecular flexibility index (Phi) is 6.68. The highest BCUT2D eigenvalue weighted by molar-refractivity contribution is 5.86. The SMILES string of the molecule is COCc1cc(CNC(=O)[C@H]2OCC(=O)N[C@@H]2c2ccc(OC)c(OC)c2)[nH]n1. The topological polar surface area (TPSA) is 124 Å². The van der Waals surface area contributed by atoms with Gasteiger partial charge in [-0.2, -0.15) is 5.10 Å². The van der Waals surface area contributed by atoms with Gasteiger partial charge in [-0.3, -0.25) is 14.7 Å². The van der Waals surface area contributed by atoms with Crippen LogP contribution in [0, 0.1) is 0 Å². The van der Waals surface area contributed by atoms with Crippen molar-refractivity contribution in [3.05, 3.63) is 41.2 Å². The molecule has 1 aliphatic rings. The number of H-pyrrole nitrogens is 1. The molecule has 2 atom stereocenters. The average Bonchev–Trinajstić information content (AvgIpc) is 3.19. The van der Waals surface area contributed by atoms with Crippen molar-refractivity contribution >= 4 is 11.8 Å². The van der Waals surface area contributed by atoms with Crippen LogP contribution in [-0.2, 0) is 32.2 Å². The number of amides is 2. The Bertz CT molecular complexity index is 868. The lowest BCUT2D eigenvalue weighted by atomic mass is 9.98. The molecule has 3 rings (SSSR count). The Hall–Kier alpha value is -3.11. The summed E-state index contributed by atoms with van der Waals surface area (Å²) in [7, 11) is 4.63. The molecule has 0 aliphatic carbocycles. The Balaban J connectivity index is 1.73. The molecule has 2 amide bonds. The van der Waals surface area contributed by atoms with E-state index in [9.17, 15) is 9.59 Å². The van der Waals surface area contributed by atoms with Crippen molar-refractivity contribution in [3.8, 4) is 11.5 Å². The quantitative estimate of drug-likeness (QED) is 0.583. The summed E-state index contributed by atoms with van der Waals surface area (Å²) in [6.07, 6.45) is -0.896. The Morgan fingerprint density at radius 1 is 1.24 bits per heavy atom. The molecule has 0 spiro atoms. The number of aromatic nitrogens is 2. The summed E-state index contributed by atoms with van der Waals surface area (Å²) < 4.78 is 21.1. The van der Waals surface area contributed by atoms with Crippen LogP contribution < -0.4 is 20.1 Å². The number of hydrogen-bond acceptors (Lipinski definition) is 7. The van der Waals surface area contributed by atoms with Gasteiger partial charge >= 0.3 is 0 Å². The van der Waals surface area contributed by atoms with Crippen molar-refractivity contribution in [1.29, 1.82) is 0 Å². The van der Waals surface area contributed by atoms with E-state index in [1.807, 2.05) is 0 Å². The molecule has 0 radical (unpaired) electrons. The average molecular weight is 404 g/mol. The number of methoxy groups -OCH3 is 3. The number of nitrogens with zero attached hydrogens (tertiary/aromatic N) is 1. The van der Waals surface area contributed by atoms with Crippen LogP contribution in [0.15, 0.2) is 24.3 Å². The number of hydrogen-bond donors (Lipinski definition) is 3. The molecule has 3 N–H and O–H groups in total. The third-order valence-corrected chi connectivity index (χ3v) is 4.47. The highest BCUT2D eigenvalue weighted by Gasteiger charge is 2.36.